The van der Waals surface area contributed by atoms with Gasteiger partial charge in [0, 0.05) is 25.4 Å². The molecule has 2 N–H and O–H groups in total. The molecule has 2 bridgehead atoms. The fraction of sp³-hybridized carbons (Fsp3) is 0.818. The van der Waals surface area contributed by atoms with Gasteiger partial charge < -0.3 is 10.5 Å². The van der Waals surface area contributed by atoms with Gasteiger partial charge in [-0.25, -0.2) is 4.98 Å². The average molecular weight is 222 g/mol. The summed E-state index contributed by atoms with van der Waals surface area (Å²) in [6.07, 6.45) is 6.78. The first-order chi connectivity index (χ1) is 7.74. The van der Waals surface area contributed by atoms with Gasteiger partial charge in [0.1, 0.15) is 12.2 Å². The van der Waals surface area contributed by atoms with E-state index in [1.165, 1.54) is 12.8 Å². The van der Waals surface area contributed by atoms with Gasteiger partial charge in [-0.05, 0) is 19.3 Å². The molecular formula is C11H18N4O. The third kappa shape index (κ3) is 1.64. The molecule has 0 amide bonds. The zero-order chi connectivity index (χ0) is 11.1. The third-order valence-corrected chi connectivity index (χ3v) is 3.93. The quantitative estimate of drug-likeness (QED) is 0.796. The highest BCUT2D eigenvalue weighted by molar-refractivity contribution is 4.98. The van der Waals surface area contributed by atoms with Crippen LogP contribution >= 0.6 is 0 Å². The fourth-order valence-corrected chi connectivity index (χ4v) is 2.99. The third-order valence-electron chi connectivity index (χ3n) is 3.93. The lowest BCUT2D eigenvalue weighted by Gasteiger charge is -2.24. The predicted octanol–water partition coefficient (Wildman–Crippen LogP) is 0.252. The molecule has 0 saturated carbocycles. The zero-order valence-corrected chi connectivity index (χ0v) is 9.54. The smallest absolute Gasteiger partial charge is 0.138 e. The molecule has 0 radical (unpaired) electrons. The van der Waals surface area contributed by atoms with Crippen LogP contribution in [0.15, 0.2) is 6.33 Å². The Hall–Kier alpha value is -0.940. The van der Waals surface area contributed by atoms with Gasteiger partial charge in [0.05, 0.1) is 12.2 Å². The van der Waals surface area contributed by atoms with Crippen LogP contribution < -0.4 is 5.73 Å². The van der Waals surface area contributed by atoms with E-state index >= 15 is 0 Å². The Morgan fingerprint density at radius 2 is 2.50 bits per heavy atom. The monoisotopic (exact) mass is 222 g/mol. The van der Waals surface area contributed by atoms with Gasteiger partial charge in [-0.3, -0.25) is 4.68 Å². The summed E-state index contributed by atoms with van der Waals surface area (Å²) in [5, 5.41) is 4.06. The average Bonchev–Trinajstić information content (AvgIpc) is 2.95. The maximum Gasteiger partial charge on any atom is 0.138 e. The Labute approximate surface area is 95.0 Å². The number of ether oxygens (including phenoxy) is 1. The van der Waals surface area contributed by atoms with Crippen molar-refractivity contribution in [2.45, 2.75) is 43.9 Å². The first kappa shape index (κ1) is 10.2. The van der Waals surface area contributed by atoms with Crippen molar-refractivity contribution in [3.63, 3.8) is 0 Å². The molecule has 2 aliphatic rings. The number of fused-ring (bicyclic) bond motifs is 2. The standard InChI is InChI=1S/C11H18N4O/c1-15-11(13-6-14-15)5-9(12)8-4-7-2-3-10(8)16-7/h6-10H,2-5,12H2,1H3. The Bertz CT molecular complexity index is 378. The van der Waals surface area contributed by atoms with Crippen LogP contribution in [0.5, 0.6) is 0 Å². The lowest BCUT2D eigenvalue weighted by atomic mass is 9.83. The summed E-state index contributed by atoms with van der Waals surface area (Å²) in [4.78, 5) is 4.22. The van der Waals surface area contributed by atoms with Crippen molar-refractivity contribution >= 4 is 0 Å². The van der Waals surface area contributed by atoms with Gasteiger partial charge in [-0.2, -0.15) is 5.10 Å². The molecule has 5 heteroatoms. The maximum atomic E-state index is 6.26. The largest absolute Gasteiger partial charge is 0.375 e. The summed E-state index contributed by atoms with van der Waals surface area (Å²) < 4.78 is 7.63. The summed E-state index contributed by atoms with van der Waals surface area (Å²) in [5.41, 5.74) is 6.26. The van der Waals surface area contributed by atoms with Crippen LogP contribution in [0.3, 0.4) is 0 Å². The number of nitrogens with zero attached hydrogens (tertiary/aromatic N) is 3. The molecule has 0 spiro atoms. The van der Waals surface area contributed by atoms with E-state index < -0.39 is 0 Å². The van der Waals surface area contributed by atoms with Gasteiger partial charge >= 0.3 is 0 Å². The Kier molecular flexibility index (Phi) is 2.44. The summed E-state index contributed by atoms with van der Waals surface area (Å²) in [7, 11) is 1.91. The van der Waals surface area contributed by atoms with E-state index in [0.717, 1.165) is 18.7 Å². The van der Waals surface area contributed by atoms with E-state index in [0.29, 0.717) is 18.1 Å². The van der Waals surface area contributed by atoms with Crippen molar-refractivity contribution in [3.8, 4) is 0 Å². The van der Waals surface area contributed by atoms with Crippen molar-refractivity contribution < 1.29 is 4.74 Å². The van der Waals surface area contributed by atoms with Gasteiger partial charge in [-0.15, -0.1) is 0 Å². The number of hydrogen-bond donors (Lipinski definition) is 1. The Morgan fingerprint density at radius 3 is 3.06 bits per heavy atom. The van der Waals surface area contributed by atoms with Gasteiger partial charge in [-0.1, -0.05) is 0 Å². The highest BCUT2D eigenvalue weighted by atomic mass is 16.5. The van der Waals surface area contributed by atoms with Crippen LogP contribution in [0.2, 0.25) is 0 Å². The number of aryl methyl sites for hydroxylation is 1. The van der Waals surface area contributed by atoms with E-state index in [4.69, 9.17) is 10.5 Å². The first-order valence-corrected chi connectivity index (χ1v) is 5.98. The number of rotatable bonds is 3. The number of aromatic nitrogens is 3. The molecule has 1 aromatic rings. The van der Waals surface area contributed by atoms with Crippen LogP contribution in [-0.4, -0.2) is 33.0 Å². The van der Waals surface area contributed by atoms with E-state index in [2.05, 4.69) is 10.1 Å². The highest BCUT2D eigenvalue weighted by Crippen LogP contribution is 2.40. The summed E-state index contributed by atoms with van der Waals surface area (Å²) in [6.45, 7) is 0. The SMILES string of the molecule is Cn1ncnc1CC(N)C1CC2CCC1O2. The molecular weight excluding hydrogens is 204 g/mol. The minimum atomic E-state index is 0.151. The van der Waals surface area contributed by atoms with E-state index in [1.807, 2.05) is 7.05 Å². The second-order valence-corrected chi connectivity index (χ2v) is 4.94. The van der Waals surface area contributed by atoms with Crippen molar-refractivity contribution in [1.29, 1.82) is 0 Å². The van der Waals surface area contributed by atoms with Crippen LogP contribution in [0.25, 0.3) is 0 Å². The van der Waals surface area contributed by atoms with Crippen LogP contribution in [-0.2, 0) is 18.2 Å². The van der Waals surface area contributed by atoms with Gasteiger partial charge in [0.2, 0.25) is 0 Å². The molecule has 2 fully saturated rings. The molecule has 0 aromatic carbocycles. The van der Waals surface area contributed by atoms with E-state index in [-0.39, 0.29) is 6.04 Å². The lowest BCUT2D eigenvalue weighted by Crippen LogP contribution is -2.38. The summed E-state index contributed by atoms with van der Waals surface area (Å²) in [5.74, 6) is 1.48. The molecule has 3 heterocycles. The zero-order valence-electron chi connectivity index (χ0n) is 9.54. The molecule has 0 aliphatic carbocycles. The minimum Gasteiger partial charge on any atom is -0.375 e. The number of nitrogens with two attached hydrogens (primary N) is 1. The lowest BCUT2D eigenvalue weighted by molar-refractivity contribution is 0.0883. The second-order valence-electron chi connectivity index (χ2n) is 4.94. The molecule has 1 aromatic heterocycles. The normalized spacial score (nSPS) is 34.5. The van der Waals surface area contributed by atoms with Crippen molar-refractivity contribution in [1.82, 2.24) is 14.8 Å². The van der Waals surface area contributed by atoms with E-state index in [9.17, 15) is 0 Å². The molecule has 2 saturated heterocycles. The second kappa shape index (κ2) is 3.82. The molecule has 16 heavy (non-hydrogen) atoms. The topological polar surface area (TPSA) is 66.0 Å². The summed E-state index contributed by atoms with van der Waals surface area (Å²) >= 11 is 0. The van der Waals surface area contributed by atoms with Gasteiger partial charge in [0.15, 0.2) is 0 Å². The molecule has 88 valence electrons. The molecule has 4 atom stereocenters. The Morgan fingerprint density at radius 1 is 1.62 bits per heavy atom. The molecule has 5 nitrogen and oxygen atoms in total. The Balaban J connectivity index is 1.66. The molecule has 4 unspecified atom stereocenters. The molecule has 3 rings (SSSR count). The van der Waals surface area contributed by atoms with Crippen LogP contribution in [0, 0.1) is 5.92 Å². The number of hydrogen-bond acceptors (Lipinski definition) is 4. The van der Waals surface area contributed by atoms with Crippen molar-refractivity contribution in [3.05, 3.63) is 12.2 Å². The minimum absolute atomic E-state index is 0.151. The van der Waals surface area contributed by atoms with Crippen molar-refractivity contribution in [2.75, 3.05) is 0 Å². The fourth-order valence-electron chi connectivity index (χ4n) is 2.99. The van der Waals surface area contributed by atoms with Gasteiger partial charge in [0.25, 0.3) is 0 Å². The predicted molar refractivity (Wildman–Crippen MR) is 58.7 cm³/mol. The highest BCUT2D eigenvalue weighted by Gasteiger charge is 2.43. The maximum absolute atomic E-state index is 6.26. The van der Waals surface area contributed by atoms with Crippen LogP contribution in [0.4, 0.5) is 0 Å². The molecule has 2 aliphatic heterocycles. The summed E-state index contributed by atoms with van der Waals surface area (Å²) in [6, 6.07) is 0.151. The van der Waals surface area contributed by atoms with E-state index in [1.54, 1.807) is 11.0 Å². The first-order valence-electron chi connectivity index (χ1n) is 5.98. The van der Waals surface area contributed by atoms with Crippen LogP contribution in [0.1, 0.15) is 25.1 Å². The van der Waals surface area contributed by atoms with Crippen molar-refractivity contribution in [2.24, 2.45) is 18.7 Å².